The molecule has 0 aliphatic carbocycles. The minimum Gasteiger partial charge on any atom is -0.456 e. The van der Waals surface area contributed by atoms with Gasteiger partial charge in [-0.15, -0.1) is 0 Å². The normalized spacial score (nSPS) is 12.1. The number of fused-ring (bicyclic) bond motifs is 13. The van der Waals surface area contributed by atoms with Gasteiger partial charge >= 0.3 is 0 Å². The highest BCUT2D eigenvalue weighted by atomic mass is 16.3. The van der Waals surface area contributed by atoms with E-state index in [1.807, 2.05) is 66.7 Å². The van der Waals surface area contributed by atoms with E-state index in [0.717, 1.165) is 115 Å². The lowest BCUT2D eigenvalue weighted by Crippen LogP contribution is -2.07. The van der Waals surface area contributed by atoms with Crippen molar-refractivity contribution in [2.75, 3.05) is 0 Å². The Kier molecular flexibility index (Phi) is 7.27. The van der Waals surface area contributed by atoms with Gasteiger partial charge in [-0.25, -0.2) is 4.98 Å². The topological polar surface area (TPSA) is 74.8 Å². The minimum atomic E-state index is 0.519. The summed E-state index contributed by atoms with van der Waals surface area (Å²) >= 11 is 0. The van der Waals surface area contributed by atoms with Crippen molar-refractivity contribution >= 4 is 87.5 Å². The zero-order chi connectivity index (χ0) is 41.9. The molecule has 0 aliphatic rings. The molecule has 14 rings (SSSR count). The second kappa shape index (κ2) is 13.3. The number of aromatic nitrogens is 5. The SMILES string of the molecule is c1ccc(-c2nc(-c3ccc4c(c3)oc3ccccc34)nc(-n3c4ccccc4c4ccc5c6ccccc6n(-c6cc(-c7ccccc7)c7oc8ccccc8c7c6)c5c43)n2)cc1. The number of rotatable bonds is 5. The first-order valence-corrected chi connectivity index (χ1v) is 21.4. The summed E-state index contributed by atoms with van der Waals surface area (Å²) in [5.74, 6) is 1.65. The van der Waals surface area contributed by atoms with Crippen LogP contribution in [0.1, 0.15) is 0 Å². The van der Waals surface area contributed by atoms with E-state index >= 15 is 0 Å². The fourth-order valence-corrected chi connectivity index (χ4v) is 9.92. The number of hydrogen-bond donors (Lipinski definition) is 0. The van der Waals surface area contributed by atoms with Gasteiger partial charge in [0.1, 0.15) is 22.3 Å². The third kappa shape index (κ3) is 5.06. The van der Waals surface area contributed by atoms with Gasteiger partial charge < -0.3 is 13.4 Å². The molecule has 7 heteroatoms. The molecule has 298 valence electrons. The zero-order valence-corrected chi connectivity index (χ0v) is 34.1. The van der Waals surface area contributed by atoms with Crippen molar-refractivity contribution in [3.63, 3.8) is 0 Å². The van der Waals surface area contributed by atoms with Crippen LogP contribution in [0, 0.1) is 0 Å². The van der Waals surface area contributed by atoms with Gasteiger partial charge in [-0.2, -0.15) is 9.97 Å². The molecule has 5 aromatic heterocycles. The number of furan rings is 2. The first kappa shape index (κ1) is 34.9. The maximum Gasteiger partial charge on any atom is 0.238 e. The number of benzene rings is 9. The maximum atomic E-state index is 6.66. The van der Waals surface area contributed by atoms with Crippen LogP contribution in [0.3, 0.4) is 0 Å². The highest BCUT2D eigenvalue weighted by molar-refractivity contribution is 6.24. The molecular weight excluding hydrogens is 787 g/mol. The number of nitrogens with zero attached hydrogens (tertiary/aromatic N) is 5. The zero-order valence-electron chi connectivity index (χ0n) is 34.1. The predicted molar refractivity (Wildman–Crippen MR) is 259 cm³/mol. The number of para-hydroxylation sites is 4. The van der Waals surface area contributed by atoms with E-state index in [4.69, 9.17) is 23.8 Å². The minimum absolute atomic E-state index is 0.519. The summed E-state index contributed by atoms with van der Waals surface area (Å²) in [6, 6.07) is 69.7. The molecule has 0 amide bonds. The molecule has 0 radical (unpaired) electrons. The lowest BCUT2D eigenvalue weighted by atomic mass is 10.0. The standard InChI is InChI=1S/C57H33N5O2/c1-3-15-34(16-4-1)45-32-37(33-46-41-22-10-14-26-50(41)64-54(45)46)61-47-23-11-7-19-38(47)43-29-30-44-39-20-8-12-24-48(39)62(53(44)52(43)61)57-59-55(35-17-5-2-6-18-35)58-56(60-57)36-27-28-42-40-21-9-13-25-49(40)63-51(42)31-36/h1-33H. The molecule has 0 saturated carbocycles. The van der Waals surface area contributed by atoms with Crippen LogP contribution >= 0.6 is 0 Å². The molecule has 7 nitrogen and oxygen atoms in total. The lowest BCUT2D eigenvalue weighted by molar-refractivity contribution is 0.669. The van der Waals surface area contributed by atoms with Crippen LogP contribution in [0.2, 0.25) is 0 Å². The van der Waals surface area contributed by atoms with Crippen molar-refractivity contribution < 1.29 is 8.83 Å². The van der Waals surface area contributed by atoms with E-state index in [2.05, 4.69) is 143 Å². The van der Waals surface area contributed by atoms with Crippen LogP contribution in [-0.2, 0) is 0 Å². The largest absolute Gasteiger partial charge is 0.456 e. The first-order valence-electron chi connectivity index (χ1n) is 21.4. The highest BCUT2D eigenvalue weighted by Crippen LogP contribution is 2.44. The first-order chi connectivity index (χ1) is 31.7. The van der Waals surface area contributed by atoms with E-state index in [-0.39, 0.29) is 0 Å². The summed E-state index contributed by atoms with van der Waals surface area (Å²) in [5.41, 5.74) is 12.3. The van der Waals surface area contributed by atoms with E-state index in [1.165, 1.54) is 0 Å². The summed E-state index contributed by atoms with van der Waals surface area (Å²) in [7, 11) is 0. The summed E-state index contributed by atoms with van der Waals surface area (Å²) in [6.45, 7) is 0. The average molecular weight is 820 g/mol. The molecule has 9 aromatic carbocycles. The Morgan fingerprint density at radius 2 is 0.844 bits per heavy atom. The smallest absolute Gasteiger partial charge is 0.238 e. The molecule has 0 bridgehead atoms. The van der Waals surface area contributed by atoms with Crippen molar-refractivity contribution in [3.8, 4) is 45.5 Å². The Bertz CT molecular complexity index is 4200. The van der Waals surface area contributed by atoms with Gasteiger partial charge in [-0.05, 0) is 54.1 Å². The summed E-state index contributed by atoms with van der Waals surface area (Å²) in [6.07, 6.45) is 0. The molecule has 0 N–H and O–H groups in total. The van der Waals surface area contributed by atoms with Crippen molar-refractivity contribution in [1.29, 1.82) is 0 Å². The second-order valence-electron chi connectivity index (χ2n) is 16.4. The number of hydrogen-bond acceptors (Lipinski definition) is 5. The Morgan fingerprint density at radius 1 is 0.328 bits per heavy atom. The molecule has 0 saturated heterocycles. The molecule has 0 aliphatic heterocycles. The fraction of sp³-hybridized carbons (Fsp3) is 0. The molecule has 14 aromatic rings. The predicted octanol–water partition coefficient (Wildman–Crippen LogP) is 14.9. The Labute approximate surface area is 364 Å². The average Bonchev–Trinajstić information content (AvgIpc) is 4.12. The Hall–Kier alpha value is -8.81. The Morgan fingerprint density at radius 3 is 1.55 bits per heavy atom. The monoisotopic (exact) mass is 819 g/mol. The molecule has 0 unspecified atom stereocenters. The quantitative estimate of drug-likeness (QED) is 0.173. The molecule has 0 spiro atoms. The lowest BCUT2D eigenvalue weighted by Gasteiger charge is -2.14. The third-order valence-corrected chi connectivity index (χ3v) is 12.8. The van der Waals surface area contributed by atoms with Gasteiger partial charge in [0.15, 0.2) is 11.6 Å². The van der Waals surface area contributed by atoms with Gasteiger partial charge in [0.2, 0.25) is 5.95 Å². The van der Waals surface area contributed by atoms with Gasteiger partial charge in [-0.1, -0.05) is 152 Å². The molecular formula is C57H33N5O2. The fourth-order valence-electron chi connectivity index (χ4n) is 9.92. The summed E-state index contributed by atoms with van der Waals surface area (Å²) in [4.78, 5) is 15.9. The molecule has 5 heterocycles. The van der Waals surface area contributed by atoms with Crippen LogP contribution < -0.4 is 0 Å². The van der Waals surface area contributed by atoms with Gasteiger partial charge in [0.25, 0.3) is 0 Å². The van der Waals surface area contributed by atoms with Crippen LogP contribution in [0.4, 0.5) is 0 Å². The summed E-state index contributed by atoms with van der Waals surface area (Å²) in [5, 5.41) is 8.72. The molecule has 0 fully saturated rings. The van der Waals surface area contributed by atoms with Crippen molar-refractivity contribution in [1.82, 2.24) is 24.1 Å². The molecule has 64 heavy (non-hydrogen) atoms. The van der Waals surface area contributed by atoms with Crippen LogP contribution in [0.15, 0.2) is 209 Å². The van der Waals surface area contributed by atoms with Gasteiger partial charge in [0.05, 0.1) is 22.1 Å². The van der Waals surface area contributed by atoms with E-state index in [1.54, 1.807) is 0 Å². The van der Waals surface area contributed by atoms with Crippen molar-refractivity contribution in [3.05, 3.63) is 200 Å². The summed E-state index contributed by atoms with van der Waals surface area (Å²) < 4.78 is 17.7. The highest BCUT2D eigenvalue weighted by Gasteiger charge is 2.25. The van der Waals surface area contributed by atoms with E-state index in [9.17, 15) is 0 Å². The van der Waals surface area contributed by atoms with E-state index in [0.29, 0.717) is 17.6 Å². The van der Waals surface area contributed by atoms with Crippen LogP contribution in [0.25, 0.3) is 133 Å². The van der Waals surface area contributed by atoms with Crippen LogP contribution in [-0.4, -0.2) is 24.1 Å². The van der Waals surface area contributed by atoms with Gasteiger partial charge in [-0.3, -0.25) is 4.57 Å². The Balaban J connectivity index is 1.11. The molecule has 0 atom stereocenters. The third-order valence-electron chi connectivity index (χ3n) is 12.8. The van der Waals surface area contributed by atoms with E-state index < -0.39 is 0 Å². The van der Waals surface area contributed by atoms with Crippen molar-refractivity contribution in [2.45, 2.75) is 0 Å². The maximum absolute atomic E-state index is 6.66. The second-order valence-corrected chi connectivity index (χ2v) is 16.4. The van der Waals surface area contributed by atoms with Gasteiger partial charge in [0, 0.05) is 65.5 Å². The van der Waals surface area contributed by atoms with Crippen molar-refractivity contribution in [2.24, 2.45) is 0 Å². The van der Waals surface area contributed by atoms with Crippen LogP contribution in [0.5, 0.6) is 0 Å².